The Hall–Kier alpha value is -3.33. The van der Waals surface area contributed by atoms with Gasteiger partial charge in [-0.1, -0.05) is 24.8 Å². The maximum absolute atomic E-state index is 13.5. The molecule has 0 atom stereocenters. The lowest BCUT2D eigenvalue weighted by Gasteiger charge is -2.20. The fraction of sp³-hybridized carbons (Fsp3) is 0.190. The van der Waals surface area contributed by atoms with Crippen LogP contribution in [0.5, 0.6) is 0 Å². The summed E-state index contributed by atoms with van der Waals surface area (Å²) < 4.78 is 15.6. The molecule has 0 radical (unpaired) electrons. The van der Waals surface area contributed by atoms with Crippen molar-refractivity contribution >= 4 is 34.4 Å². The summed E-state index contributed by atoms with van der Waals surface area (Å²) in [5.74, 6) is -1.44. The lowest BCUT2D eigenvalue weighted by molar-refractivity contribution is 0.0991. The van der Waals surface area contributed by atoms with Gasteiger partial charge in [0.25, 0.3) is 5.56 Å². The van der Waals surface area contributed by atoms with E-state index in [1.165, 1.54) is 36.9 Å². The molecule has 30 heavy (non-hydrogen) atoms. The average molecular weight is 425 g/mol. The Kier molecular flexibility index (Phi) is 4.77. The van der Waals surface area contributed by atoms with Gasteiger partial charge in [0.05, 0.1) is 27.1 Å². The van der Waals surface area contributed by atoms with Gasteiger partial charge < -0.3 is 0 Å². The summed E-state index contributed by atoms with van der Waals surface area (Å²) in [7, 11) is 2.76. The van der Waals surface area contributed by atoms with Crippen molar-refractivity contribution in [1.29, 1.82) is 0 Å². The van der Waals surface area contributed by atoms with E-state index < -0.39 is 28.6 Å². The fourth-order valence-electron chi connectivity index (χ4n) is 3.50. The number of aryl methyl sites for hydroxylation is 2. The molecule has 1 aromatic carbocycles. The Morgan fingerprint density at radius 1 is 1.07 bits per heavy atom. The zero-order valence-corrected chi connectivity index (χ0v) is 17.2. The van der Waals surface area contributed by atoms with Crippen LogP contribution in [0, 0.1) is 5.82 Å². The van der Waals surface area contributed by atoms with E-state index >= 15 is 0 Å². The van der Waals surface area contributed by atoms with E-state index in [1.807, 2.05) is 0 Å². The molecule has 3 aromatic rings. The highest BCUT2D eigenvalue weighted by molar-refractivity contribution is 8.04. The molecule has 0 bridgehead atoms. The van der Waals surface area contributed by atoms with Crippen LogP contribution in [0.1, 0.15) is 33.3 Å². The third-order valence-electron chi connectivity index (χ3n) is 4.98. The molecular formula is C21H16FN3O4S. The number of benzene rings is 1. The van der Waals surface area contributed by atoms with Crippen LogP contribution in [0.2, 0.25) is 0 Å². The maximum atomic E-state index is 13.5. The van der Waals surface area contributed by atoms with E-state index in [0.29, 0.717) is 17.0 Å². The number of Topliss-reactive ketones (excluding diaryl/α,β-unsaturated/α-hetero) is 1. The Balaban J connectivity index is 2.00. The first kappa shape index (κ1) is 20.0. The van der Waals surface area contributed by atoms with Gasteiger partial charge in [-0.2, -0.15) is 0 Å². The Morgan fingerprint density at radius 2 is 1.80 bits per heavy atom. The molecule has 0 fully saturated rings. The number of aromatic nitrogens is 3. The van der Waals surface area contributed by atoms with Gasteiger partial charge in [-0.15, -0.1) is 0 Å². The second kappa shape index (κ2) is 7.17. The number of ketones is 2. The summed E-state index contributed by atoms with van der Waals surface area (Å²) in [4.78, 5) is 56.4. The van der Waals surface area contributed by atoms with Crippen LogP contribution in [-0.2, 0) is 20.5 Å². The molecule has 1 aliphatic carbocycles. The van der Waals surface area contributed by atoms with Crippen LogP contribution >= 0.6 is 11.8 Å². The summed E-state index contributed by atoms with van der Waals surface area (Å²) >= 11 is 0.976. The number of allylic oxidation sites excluding steroid dienone is 2. The number of rotatable bonds is 3. The lowest BCUT2D eigenvalue weighted by atomic mass is 9.90. The van der Waals surface area contributed by atoms with Crippen molar-refractivity contribution < 1.29 is 14.0 Å². The van der Waals surface area contributed by atoms with Crippen LogP contribution in [0.3, 0.4) is 0 Å². The molecule has 2 aromatic heterocycles. The lowest BCUT2D eigenvalue weighted by Crippen LogP contribution is -2.39. The molecule has 0 saturated carbocycles. The summed E-state index contributed by atoms with van der Waals surface area (Å²) in [6.07, 6.45) is 1.47. The van der Waals surface area contributed by atoms with Crippen molar-refractivity contribution in [2.75, 3.05) is 0 Å². The number of hydrogen-bond donors (Lipinski definition) is 0. The van der Waals surface area contributed by atoms with Crippen molar-refractivity contribution in [1.82, 2.24) is 14.1 Å². The predicted octanol–water partition coefficient (Wildman–Crippen LogP) is 2.39. The van der Waals surface area contributed by atoms with Crippen molar-refractivity contribution in [3.8, 4) is 0 Å². The first-order valence-corrected chi connectivity index (χ1v) is 9.93. The summed E-state index contributed by atoms with van der Waals surface area (Å²) in [5, 5.41) is -0.0591. The maximum Gasteiger partial charge on any atom is 0.332 e. The van der Waals surface area contributed by atoms with Crippen LogP contribution in [0.25, 0.3) is 11.0 Å². The first-order chi connectivity index (χ1) is 14.2. The Morgan fingerprint density at radius 3 is 2.47 bits per heavy atom. The molecule has 0 aliphatic heterocycles. The number of fused-ring (bicyclic) bond motifs is 3. The van der Waals surface area contributed by atoms with Gasteiger partial charge in [0.2, 0.25) is 5.78 Å². The minimum atomic E-state index is -0.685. The molecule has 2 heterocycles. The van der Waals surface area contributed by atoms with Gasteiger partial charge in [0.15, 0.2) is 5.78 Å². The second-order valence-corrected chi connectivity index (χ2v) is 7.94. The number of pyridine rings is 1. The third-order valence-corrected chi connectivity index (χ3v) is 5.99. The monoisotopic (exact) mass is 425 g/mol. The fourth-order valence-corrected chi connectivity index (χ4v) is 4.43. The Labute approximate surface area is 173 Å². The highest BCUT2D eigenvalue weighted by Crippen LogP contribution is 2.36. The van der Waals surface area contributed by atoms with E-state index in [0.717, 1.165) is 22.4 Å². The summed E-state index contributed by atoms with van der Waals surface area (Å²) in [6, 6.07) is 5.70. The van der Waals surface area contributed by atoms with Gasteiger partial charge in [0, 0.05) is 25.1 Å². The minimum absolute atomic E-state index is 0.0401. The highest BCUT2D eigenvalue weighted by atomic mass is 32.2. The molecule has 4 rings (SSSR count). The summed E-state index contributed by atoms with van der Waals surface area (Å²) in [6.45, 7) is 1.77. The third kappa shape index (κ3) is 2.93. The molecule has 1 aliphatic rings. The Bertz CT molecular complexity index is 1420. The SMILES string of the molecule is CCc1nc2c(c3c1C(=O)C(Sc1cccc(F)c1)=CC3=O)c(=O)n(C)c(=O)n2C. The quantitative estimate of drug-likeness (QED) is 0.640. The van der Waals surface area contributed by atoms with E-state index in [-0.39, 0.29) is 27.1 Å². The molecule has 9 heteroatoms. The second-order valence-electron chi connectivity index (χ2n) is 6.83. The number of nitrogens with zero attached hydrogens (tertiary/aromatic N) is 3. The van der Waals surface area contributed by atoms with Crippen LogP contribution in [-0.4, -0.2) is 25.7 Å². The van der Waals surface area contributed by atoms with E-state index in [2.05, 4.69) is 4.98 Å². The minimum Gasteiger partial charge on any atom is -0.289 e. The van der Waals surface area contributed by atoms with Crippen molar-refractivity contribution in [3.63, 3.8) is 0 Å². The van der Waals surface area contributed by atoms with E-state index in [9.17, 15) is 23.6 Å². The van der Waals surface area contributed by atoms with E-state index in [1.54, 1.807) is 13.0 Å². The number of halogens is 1. The smallest absolute Gasteiger partial charge is 0.289 e. The van der Waals surface area contributed by atoms with Gasteiger partial charge >= 0.3 is 5.69 Å². The number of carbonyl (C=O) groups excluding carboxylic acids is 2. The molecule has 7 nitrogen and oxygen atoms in total. The zero-order chi connectivity index (χ0) is 21.7. The first-order valence-electron chi connectivity index (χ1n) is 9.11. The average Bonchev–Trinajstić information content (AvgIpc) is 2.72. The number of thioether (sulfide) groups is 1. The molecule has 0 unspecified atom stereocenters. The van der Waals surface area contributed by atoms with Crippen molar-refractivity contribution in [2.24, 2.45) is 14.1 Å². The molecule has 0 amide bonds. The van der Waals surface area contributed by atoms with Crippen LogP contribution in [0.4, 0.5) is 4.39 Å². The van der Waals surface area contributed by atoms with Crippen LogP contribution < -0.4 is 11.2 Å². The normalized spacial score (nSPS) is 13.5. The number of hydrogen-bond acceptors (Lipinski definition) is 6. The van der Waals surface area contributed by atoms with Gasteiger partial charge in [0.1, 0.15) is 11.5 Å². The number of carbonyl (C=O) groups is 2. The molecule has 0 saturated heterocycles. The highest BCUT2D eigenvalue weighted by Gasteiger charge is 2.33. The predicted molar refractivity (Wildman–Crippen MR) is 111 cm³/mol. The standard InChI is InChI=1S/C21H16FN3O4S/c1-4-12-15-16(17-19(23-12)24(2)21(29)25(3)20(17)28)13(26)9-14(18(15)27)30-11-7-5-6-10(22)8-11/h5-9H,4H2,1-3H3. The van der Waals surface area contributed by atoms with Gasteiger partial charge in [-0.3, -0.25) is 23.5 Å². The van der Waals surface area contributed by atoms with Crippen molar-refractivity contribution in [3.05, 3.63) is 78.7 Å². The van der Waals surface area contributed by atoms with Gasteiger partial charge in [-0.05, 0) is 24.6 Å². The molecule has 0 spiro atoms. The summed E-state index contributed by atoms with van der Waals surface area (Å²) in [5.41, 5.74) is -0.849. The van der Waals surface area contributed by atoms with E-state index in [4.69, 9.17) is 0 Å². The van der Waals surface area contributed by atoms with Crippen molar-refractivity contribution in [2.45, 2.75) is 18.2 Å². The molecular weight excluding hydrogens is 409 g/mol. The van der Waals surface area contributed by atoms with Crippen LogP contribution in [0.15, 0.2) is 49.7 Å². The topological polar surface area (TPSA) is 91.0 Å². The molecule has 152 valence electrons. The van der Waals surface area contributed by atoms with Gasteiger partial charge in [-0.25, -0.2) is 14.2 Å². The molecule has 0 N–H and O–H groups in total. The zero-order valence-electron chi connectivity index (χ0n) is 16.4. The largest absolute Gasteiger partial charge is 0.332 e.